The van der Waals surface area contributed by atoms with Crippen LogP contribution >= 0.6 is 0 Å². The monoisotopic (exact) mass is 389 g/mol. The van der Waals surface area contributed by atoms with Gasteiger partial charge in [0.2, 0.25) is 0 Å². The fourth-order valence-electron chi connectivity index (χ4n) is 4.11. The zero-order valence-electron chi connectivity index (χ0n) is 16.3. The second kappa shape index (κ2) is 7.79. The van der Waals surface area contributed by atoms with Gasteiger partial charge in [-0.1, -0.05) is 24.3 Å². The number of nitrogens with zero attached hydrogens (tertiary/aromatic N) is 4. The predicted octanol–water partition coefficient (Wildman–Crippen LogP) is 4.21. The van der Waals surface area contributed by atoms with Gasteiger partial charge in [-0.25, -0.2) is 4.98 Å². The molecule has 0 radical (unpaired) electrons. The number of halogens is 1. The first kappa shape index (κ1) is 18.1. The lowest BCUT2D eigenvalue weighted by Crippen LogP contribution is -2.46. The minimum absolute atomic E-state index is 0.231. The molecule has 29 heavy (non-hydrogen) atoms. The number of piperazine rings is 1. The van der Waals surface area contributed by atoms with Crippen LogP contribution in [0.1, 0.15) is 6.42 Å². The molecule has 1 aliphatic carbocycles. The maximum Gasteiger partial charge on any atom is 0.140 e. The zero-order valence-corrected chi connectivity index (χ0v) is 16.3. The number of aromatic amines is 1. The molecular weight excluding hydrogens is 365 g/mol. The molecule has 3 heterocycles. The molecule has 148 valence electrons. The summed E-state index contributed by atoms with van der Waals surface area (Å²) >= 11 is 0. The van der Waals surface area contributed by atoms with Crippen LogP contribution in [0.3, 0.4) is 0 Å². The van der Waals surface area contributed by atoms with Gasteiger partial charge in [-0.3, -0.25) is 14.3 Å². The molecular formula is C23H24FN5. The average Bonchev–Trinajstić information content (AvgIpc) is 3.28. The van der Waals surface area contributed by atoms with Gasteiger partial charge in [0.1, 0.15) is 5.82 Å². The van der Waals surface area contributed by atoms with E-state index in [-0.39, 0.29) is 6.67 Å². The Balaban J connectivity index is 1.39. The van der Waals surface area contributed by atoms with E-state index in [1.165, 1.54) is 5.69 Å². The molecule has 0 spiro atoms. The molecule has 1 aromatic heterocycles. The Hall–Kier alpha value is -2.99. The molecule has 0 unspecified atom stereocenters. The summed E-state index contributed by atoms with van der Waals surface area (Å²) in [6.07, 6.45) is 2.52. The molecule has 0 amide bonds. The normalized spacial score (nSPS) is 15.4. The molecule has 3 aliphatic rings. The third kappa shape index (κ3) is 3.56. The molecule has 5 nitrogen and oxygen atoms in total. The van der Waals surface area contributed by atoms with E-state index in [0.29, 0.717) is 6.42 Å². The van der Waals surface area contributed by atoms with Crippen LogP contribution in [-0.2, 0) is 0 Å². The van der Waals surface area contributed by atoms with Crippen LogP contribution in [0, 0.1) is 0 Å². The molecule has 1 fully saturated rings. The van der Waals surface area contributed by atoms with Crippen LogP contribution in [-0.4, -0.2) is 59.3 Å². The standard InChI is InChI=1S/C23H24FN5/c24-9-4-10-28-11-13-29(14-12-28)17-7-8-21-22(15-17)27-23(26-21)19-16-25-20-6-3-1-2-5-18(19)20/h1-3,5-8,15-16H,4,9-14H2,(H,26,27). The number of aromatic nitrogens is 3. The minimum Gasteiger partial charge on any atom is -0.369 e. The Morgan fingerprint density at radius 1 is 0.966 bits per heavy atom. The lowest BCUT2D eigenvalue weighted by molar-refractivity contribution is 0.245. The molecule has 0 saturated carbocycles. The Morgan fingerprint density at radius 3 is 2.69 bits per heavy atom. The van der Waals surface area contributed by atoms with Gasteiger partial charge in [-0.2, -0.15) is 0 Å². The van der Waals surface area contributed by atoms with E-state index in [0.717, 1.165) is 66.4 Å². The third-order valence-corrected chi connectivity index (χ3v) is 5.70. The largest absolute Gasteiger partial charge is 0.369 e. The second-order valence-electron chi connectivity index (χ2n) is 7.54. The summed E-state index contributed by atoms with van der Waals surface area (Å²) in [6, 6.07) is 16.5. The molecule has 0 bridgehead atoms. The highest BCUT2D eigenvalue weighted by atomic mass is 19.1. The number of fused-ring (bicyclic) bond motifs is 2. The molecule has 1 N–H and O–H groups in total. The van der Waals surface area contributed by atoms with E-state index in [1.54, 1.807) is 0 Å². The summed E-state index contributed by atoms with van der Waals surface area (Å²) in [5, 5.41) is 0. The van der Waals surface area contributed by atoms with Crippen LogP contribution < -0.4 is 4.90 Å². The van der Waals surface area contributed by atoms with Crippen molar-refractivity contribution in [3.63, 3.8) is 0 Å². The molecule has 0 atom stereocenters. The maximum absolute atomic E-state index is 12.4. The van der Waals surface area contributed by atoms with Crippen molar-refractivity contribution in [2.75, 3.05) is 44.3 Å². The van der Waals surface area contributed by atoms with Gasteiger partial charge in [0.05, 0.1) is 23.4 Å². The van der Waals surface area contributed by atoms with Gasteiger partial charge in [0.25, 0.3) is 0 Å². The molecule has 1 aromatic carbocycles. The molecule has 1 saturated heterocycles. The van der Waals surface area contributed by atoms with Crippen molar-refractivity contribution in [1.29, 1.82) is 0 Å². The summed E-state index contributed by atoms with van der Waals surface area (Å²) in [5.74, 6) is 0.849. The van der Waals surface area contributed by atoms with Gasteiger partial charge in [0.15, 0.2) is 0 Å². The second-order valence-corrected chi connectivity index (χ2v) is 7.54. The van der Waals surface area contributed by atoms with Crippen molar-refractivity contribution in [1.82, 2.24) is 19.9 Å². The third-order valence-electron chi connectivity index (χ3n) is 5.70. The summed E-state index contributed by atoms with van der Waals surface area (Å²) in [6.45, 7) is 4.51. The van der Waals surface area contributed by atoms with Crippen LogP contribution in [0.2, 0.25) is 0 Å². The number of nitrogens with one attached hydrogen (secondary N) is 1. The van der Waals surface area contributed by atoms with Crippen LogP contribution in [0.4, 0.5) is 10.1 Å². The highest BCUT2D eigenvalue weighted by molar-refractivity contribution is 5.87. The summed E-state index contributed by atoms with van der Waals surface area (Å²) in [5.41, 5.74) is 6.28. The van der Waals surface area contributed by atoms with Gasteiger partial charge >= 0.3 is 0 Å². The van der Waals surface area contributed by atoms with E-state index >= 15 is 0 Å². The number of benzene rings is 1. The average molecular weight is 389 g/mol. The van der Waals surface area contributed by atoms with Crippen molar-refractivity contribution in [2.45, 2.75) is 6.42 Å². The van der Waals surface area contributed by atoms with E-state index < -0.39 is 0 Å². The number of rotatable bonds is 5. The summed E-state index contributed by atoms with van der Waals surface area (Å²) in [4.78, 5) is 17.6. The van der Waals surface area contributed by atoms with Crippen molar-refractivity contribution in [3.8, 4) is 22.6 Å². The van der Waals surface area contributed by atoms with E-state index in [2.05, 4.69) is 44.0 Å². The van der Waals surface area contributed by atoms with Gasteiger partial charge in [-0.05, 0) is 30.7 Å². The lowest BCUT2D eigenvalue weighted by Gasteiger charge is -2.36. The number of alkyl halides is 1. The van der Waals surface area contributed by atoms with Crippen molar-refractivity contribution in [2.24, 2.45) is 0 Å². The number of hydrogen-bond acceptors (Lipinski definition) is 4. The Kier molecular flexibility index (Phi) is 4.86. The molecule has 2 aliphatic heterocycles. The van der Waals surface area contributed by atoms with Crippen LogP contribution in [0.25, 0.3) is 33.7 Å². The topological polar surface area (TPSA) is 48.1 Å². The lowest BCUT2D eigenvalue weighted by atomic mass is 10.1. The highest BCUT2D eigenvalue weighted by Crippen LogP contribution is 2.33. The molecule has 6 heteroatoms. The number of hydrogen-bond donors (Lipinski definition) is 1. The Labute approximate surface area is 169 Å². The van der Waals surface area contributed by atoms with Crippen molar-refractivity contribution < 1.29 is 4.39 Å². The van der Waals surface area contributed by atoms with Gasteiger partial charge in [0, 0.05) is 55.7 Å². The Morgan fingerprint density at radius 2 is 1.83 bits per heavy atom. The first-order chi connectivity index (χ1) is 14.3. The Bertz CT molecular complexity index is 1080. The van der Waals surface area contributed by atoms with Crippen molar-refractivity contribution >= 4 is 16.7 Å². The zero-order chi connectivity index (χ0) is 19.6. The van der Waals surface area contributed by atoms with Gasteiger partial charge < -0.3 is 9.88 Å². The van der Waals surface area contributed by atoms with Crippen molar-refractivity contribution in [3.05, 3.63) is 54.7 Å². The van der Waals surface area contributed by atoms with Gasteiger partial charge in [-0.15, -0.1) is 0 Å². The predicted molar refractivity (Wildman–Crippen MR) is 115 cm³/mol. The molecule has 5 rings (SSSR count). The number of imidazole rings is 1. The van der Waals surface area contributed by atoms with E-state index in [9.17, 15) is 4.39 Å². The SMILES string of the molecule is FCCCN1CCN(c2ccc3nc(-c4cnc5cccccc4-5)[nH]c3c2)CC1. The fraction of sp³-hybridized carbons (Fsp3) is 0.304. The smallest absolute Gasteiger partial charge is 0.140 e. The number of anilines is 1. The maximum atomic E-state index is 12.4. The highest BCUT2D eigenvalue weighted by Gasteiger charge is 2.18. The first-order valence-electron chi connectivity index (χ1n) is 10.2. The fourth-order valence-corrected chi connectivity index (χ4v) is 4.11. The van der Waals surface area contributed by atoms with Crippen LogP contribution in [0.5, 0.6) is 0 Å². The number of H-pyrrole nitrogens is 1. The quantitative estimate of drug-likeness (QED) is 0.555. The van der Waals surface area contributed by atoms with Crippen LogP contribution in [0.15, 0.2) is 54.7 Å². The molecule has 2 aromatic rings. The van der Waals surface area contributed by atoms with E-state index in [1.807, 2.05) is 30.5 Å². The summed E-state index contributed by atoms with van der Waals surface area (Å²) in [7, 11) is 0. The minimum atomic E-state index is -0.231. The summed E-state index contributed by atoms with van der Waals surface area (Å²) < 4.78 is 12.4. The van der Waals surface area contributed by atoms with E-state index in [4.69, 9.17) is 4.98 Å². The first-order valence-corrected chi connectivity index (χ1v) is 10.2.